The Balaban J connectivity index is 1.64. The van der Waals surface area contributed by atoms with Crippen LogP contribution in [0.4, 0.5) is 11.5 Å². The Morgan fingerprint density at radius 3 is 2.74 bits per heavy atom. The highest BCUT2D eigenvalue weighted by atomic mass is 15.4. The predicted octanol–water partition coefficient (Wildman–Crippen LogP) is 2.54. The van der Waals surface area contributed by atoms with Gasteiger partial charge in [0, 0.05) is 36.5 Å². The van der Waals surface area contributed by atoms with Crippen LogP contribution in [-0.4, -0.2) is 41.4 Å². The fourth-order valence-electron chi connectivity index (χ4n) is 3.67. The molecule has 2 N–H and O–H groups in total. The predicted molar refractivity (Wildman–Crippen MR) is 93.1 cm³/mol. The first kappa shape index (κ1) is 14.7. The second-order valence-electron chi connectivity index (χ2n) is 6.67. The molecule has 0 saturated carbocycles. The van der Waals surface area contributed by atoms with Gasteiger partial charge in [0.05, 0.1) is 6.04 Å². The number of rotatable bonds is 3. The van der Waals surface area contributed by atoms with Crippen LogP contribution in [0.25, 0.3) is 0 Å². The number of likely N-dealkylation sites (tertiary alicyclic amines) is 1. The highest BCUT2D eigenvalue weighted by Gasteiger charge is 2.26. The average molecular weight is 311 g/mol. The lowest BCUT2D eigenvalue weighted by Gasteiger charge is -2.30. The number of nitrogens with one attached hydrogen (secondary N) is 2. The summed E-state index contributed by atoms with van der Waals surface area (Å²) >= 11 is 0. The summed E-state index contributed by atoms with van der Waals surface area (Å²) < 4.78 is 2.33. The second kappa shape index (κ2) is 6.34. The molecule has 122 valence electrons. The number of hydrogen-bond donors (Lipinski definition) is 2. The van der Waals surface area contributed by atoms with E-state index in [1.807, 2.05) is 6.07 Å². The van der Waals surface area contributed by atoms with Crippen LogP contribution in [0.1, 0.15) is 30.1 Å². The number of hydrogen-bond acceptors (Lipinski definition) is 4. The van der Waals surface area contributed by atoms with Crippen molar-refractivity contribution in [1.82, 2.24) is 20.0 Å². The van der Waals surface area contributed by atoms with Crippen molar-refractivity contribution in [2.24, 2.45) is 0 Å². The molecule has 0 atom stereocenters. The average Bonchev–Trinajstić information content (AvgIpc) is 2.95. The van der Waals surface area contributed by atoms with Gasteiger partial charge in [-0.1, -0.05) is 18.2 Å². The van der Waals surface area contributed by atoms with Gasteiger partial charge in [-0.2, -0.15) is 5.10 Å². The van der Waals surface area contributed by atoms with Crippen LogP contribution < -0.4 is 10.6 Å². The first-order valence-electron chi connectivity index (χ1n) is 8.63. The Kier molecular flexibility index (Phi) is 4.06. The Hall–Kier alpha value is -1.85. The van der Waals surface area contributed by atoms with Crippen LogP contribution in [0.5, 0.6) is 0 Å². The molecule has 1 aromatic carbocycles. The topological polar surface area (TPSA) is 45.1 Å². The zero-order valence-electron chi connectivity index (χ0n) is 13.8. The molecule has 4 rings (SSSR count). The Labute approximate surface area is 137 Å². The van der Waals surface area contributed by atoms with Crippen LogP contribution in [0.3, 0.4) is 0 Å². The zero-order chi connectivity index (χ0) is 15.6. The molecule has 0 bridgehead atoms. The summed E-state index contributed by atoms with van der Waals surface area (Å²) in [5.74, 6) is 1.03. The van der Waals surface area contributed by atoms with E-state index in [1.54, 1.807) is 0 Å². The number of benzene rings is 1. The van der Waals surface area contributed by atoms with Crippen LogP contribution in [-0.2, 0) is 13.0 Å². The molecule has 0 aliphatic carbocycles. The molecule has 5 nitrogen and oxygen atoms in total. The maximum atomic E-state index is 4.98. The molecule has 2 aromatic rings. The minimum atomic E-state index is 0.546. The standard InChI is InChI=1S/C18H25N5/c1-22-11-8-15(9-12-22)23-17-7-10-19-13-16(17)18(21-23)20-14-5-3-2-4-6-14/h2-6,15,19H,7-13H2,1H3,(H,20,21). The lowest BCUT2D eigenvalue weighted by Crippen LogP contribution is -2.33. The number of aromatic nitrogens is 2. The minimum absolute atomic E-state index is 0.546. The first-order valence-corrected chi connectivity index (χ1v) is 8.63. The highest BCUT2D eigenvalue weighted by molar-refractivity contribution is 5.60. The Morgan fingerprint density at radius 1 is 1.17 bits per heavy atom. The summed E-state index contributed by atoms with van der Waals surface area (Å²) in [6.45, 7) is 4.30. The van der Waals surface area contributed by atoms with Gasteiger partial charge < -0.3 is 15.5 Å². The molecule has 0 amide bonds. The van der Waals surface area contributed by atoms with E-state index in [-0.39, 0.29) is 0 Å². The molecule has 0 spiro atoms. The number of nitrogens with zero attached hydrogens (tertiary/aromatic N) is 3. The lowest BCUT2D eigenvalue weighted by molar-refractivity contribution is 0.209. The van der Waals surface area contributed by atoms with Gasteiger partial charge in [0.25, 0.3) is 0 Å². The summed E-state index contributed by atoms with van der Waals surface area (Å²) in [6, 6.07) is 10.9. The molecule has 23 heavy (non-hydrogen) atoms. The van der Waals surface area contributed by atoms with Gasteiger partial charge in [-0.15, -0.1) is 0 Å². The van der Waals surface area contributed by atoms with Crippen LogP contribution in [0.15, 0.2) is 30.3 Å². The van der Waals surface area contributed by atoms with E-state index >= 15 is 0 Å². The van der Waals surface area contributed by atoms with Gasteiger partial charge in [-0.3, -0.25) is 4.68 Å². The third-order valence-corrected chi connectivity index (χ3v) is 5.03. The van der Waals surface area contributed by atoms with E-state index in [1.165, 1.54) is 37.2 Å². The van der Waals surface area contributed by atoms with E-state index in [2.05, 4.69) is 51.5 Å². The van der Waals surface area contributed by atoms with Crippen molar-refractivity contribution >= 4 is 11.5 Å². The van der Waals surface area contributed by atoms with Crippen molar-refractivity contribution < 1.29 is 0 Å². The fraction of sp³-hybridized carbons (Fsp3) is 0.500. The monoisotopic (exact) mass is 311 g/mol. The van der Waals surface area contributed by atoms with Crippen molar-refractivity contribution in [2.45, 2.75) is 31.8 Å². The van der Waals surface area contributed by atoms with Crippen molar-refractivity contribution in [1.29, 1.82) is 0 Å². The number of piperidine rings is 1. The Bertz CT molecular complexity index is 656. The number of fused-ring (bicyclic) bond motifs is 1. The quantitative estimate of drug-likeness (QED) is 0.914. The van der Waals surface area contributed by atoms with Crippen molar-refractivity contribution in [3.63, 3.8) is 0 Å². The van der Waals surface area contributed by atoms with Crippen molar-refractivity contribution in [3.05, 3.63) is 41.6 Å². The lowest BCUT2D eigenvalue weighted by atomic mass is 10.0. The molecule has 2 aliphatic heterocycles. The van der Waals surface area contributed by atoms with Crippen molar-refractivity contribution in [2.75, 3.05) is 32.0 Å². The van der Waals surface area contributed by atoms with Gasteiger partial charge >= 0.3 is 0 Å². The van der Waals surface area contributed by atoms with Crippen LogP contribution in [0.2, 0.25) is 0 Å². The van der Waals surface area contributed by atoms with Crippen LogP contribution in [0, 0.1) is 0 Å². The summed E-state index contributed by atoms with van der Waals surface area (Å²) in [5, 5.41) is 12.0. The third kappa shape index (κ3) is 2.99. The van der Waals surface area contributed by atoms with Gasteiger partial charge in [0.2, 0.25) is 0 Å². The molecule has 5 heteroatoms. The summed E-state index contributed by atoms with van der Waals surface area (Å²) in [7, 11) is 2.21. The maximum Gasteiger partial charge on any atom is 0.157 e. The van der Waals surface area contributed by atoms with Gasteiger partial charge in [0.1, 0.15) is 0 Å². The first-order chi connectivity index (χ1) is 11.3. The molecule has 2 aliphatic rings. The maximum absolute atomic E-state index is 4.98. The molecular weight excluding hydrogens is 286 g/mol. The third-order valence-electron chi connectivity index (χ3n) is 5.03. The summed E-state index contributed by atoms with van der Waals surface area (Å²) in [4.78, 5) is 2.41. The molecular formula is C18H25N5. The van der Waals surface area contributed by atoms with E-state index in [4.69, 9.17) is 5.10 Å². The van der Waals surface area contributed by atoms with E-state index < -0.39 is 0 Å². The molecule has 0 radical (unpaired) electrons. The molecule has 1 aromatic heterocycles. The molecule has 0 unspecified atom stereocenters. The second-order valence-corrected chi connectivity index (χ2v) is 6.67. The normalized spacial score (nSPS) is 19.5. The van der Waals surface area contributed by atoms with Gasteiger partial charge in [-0.25, -0.2) is 0 Å². The van der Waals surface area contributed by atoms with Crippen LogP contribution >= 0.6 is 0 Å². The zero-order valence-corrected chi connectivity index (χ0v) is 13.8. The van der Waals surface area contributed by atoms with Gasteiger partial charge in [-0.05, 0) is 45.1 Å². The fourth-order valence-corrected chi connectivity index (χ4v) is 3.67. The SMILES string of the molecule is CN1CCC(n2nc(Nc3ccccc3)c3c2CCNC3)CC1. The molecule has 1 saturated heterocycles. The largest absolute Gasteiger partial charge is 0.338 e. The van der Waals surface area contributed by atoms with Crippen molar-refractivity contribution in [3.8, 4) is 0 Å². The number of para-hydroxylation sites is 1. The summed E-state index contributed by atoms with van der Waals surface area (Å²) in [6.07, 6.45) is 3.47. The minimum Gasteiger partial charge on any atom is -0.338 e. The Morgan fingerprint density at radius 2 is 1.96 bits per heavy atom. The van der Waals surface area contributed by atoms with E-state index in [0.717, 1.165) is 31.0 Å². The highest BCUT2D eigenvalue weighted by Crippen LogP contribution is 2.31. The smallest absolute Gasteiger partial charge is 0.157 e. The molecule has 1 fully saturated rings. The number of anilines is 2. The summed E-state index contributed by atoms with van der Waals surface area (Å²) in [5.41, 5.74) is 3.88. The van der Waals surface area contributed by atoms with E-state index in [0.29, 0.717) is 6.04 Å². The van der Waals surface area contributed by atoms with Gasteiger partial charge in [0.15, 0.2) is 5.82 Å². The van der Waals surface area contributed by atoms with E-state index in [9.17, 15) is 0 Å². The molecule has 3 heterocycles.